The van der Waals surface area contributed by atoms with Gasteiger partial charge in [0, 0.05) is 22.8 Å². The summed E-state index contributed by atoms with van der Waals surface area (Å²) in [4.78, 5) is 24.8. The minimum absolute atomic E-state index is 0.0724. The fraction of sp³-hybridized carbons (Fsp3) is 0.652. The van der Waals surface area contributed by atoms with Crippen molar-refractivity contribution >= 4 is 11.6 Å². The number of allylic oxidation sites excluding steroid dienone is 6. The van der Waals surface area contributed by atoms with Crippen LogP contribution >= 0.6 is 0 Å². The predicted molar refractivity (Wildman–Crippen MR) is 101 cm³/mol. The molecule has 4 rings (SSSR count). The van der Waals surface area contributed by atoms with Crippen LogP contribution in [-0.4, -0.2) is 18.7 Å². The van der Waals surface area contributed by atoms with Crippen molar-refractivity contribution in [2.24, 2.45) is 28.1 Å². The molecule has 0 unspecified atom stereocenters. The van der Waals surface area contributed by atoms with Crippen molar-refractivity contribution < 1.29 is 14.3 Å². The summed E-state index contributed by atoms with van der Waals surface area (Å²) in [5.41, 5.74) is 2.17. The van der Waals surface area contributed by atoms with Crippen molar-refractivity contribution in [3.63, 3.8) is 0 Å². The maximum absolute atomic E-state index is 12.9. The fourth-order valence-corrected chi connectivity index (χ4v) is 6.87. The number of ether oxygens (including phenoxy) is 1. The van der Waals surface area contributed by atoms with Crippen molar-refractivity contribution in [1.82, 2.24) is 0 Å². The molecule has 0 heterocycles. The molecule has 0 aliphatic heterocycles. The van der Waals surface area contributed by atoms with Crippen LogP contribution in [0, 0.1) is 28.1 Å². The molecule has 0 bridgehead atoms. The summed E-state index contributed by atoms with van der Waals surface area (Å²) in [6, 6.07) is 0. The zero-order chi connectivity index (χ0) is 18.9. The quantitative estimate of drug-likeness (QED) is 0.502. The number of fused-ring (bicyclic) bond motifs is 5. The topological polar surface area (TPSA) is 43.4 Å². The standard InChI is InChI=1S/C23H30O3/c1-14(26-5)20-19(25)13-18-17-7-6-15-12-16(24)8-9-22(15,3)23(17,4)11-10-21(18,20)2/h8-9,12,17-18H,6-7,10-11,13H2,1-5H3/b20-14+/t17-,18-,21-,22-,23-/m0/s1. The largest absolute Gasteiger partial charge is 0.501 e. The maximum atomic E-state index is 12.9. The highest BCUT2D eigenvalue weighted by molar-refractivity contribution is 6.01. The first-order valence-electron chi connectivity index (χ1n) is 9.90. The van der Waals surface area contributed by atoms with Gasteiger partial charge < -0.3 is 4.74 Å². The van der Waals surface area contributed by atoms with Crippen LogP contribution in [-0.2, 0) is 14.3 Å². The Morgan fingerprint density at radius 2 is 1.88 bits per heavy atom. The molecule has 3 heteroatoms. The van der Waals surface area contributed by atoms with Gasteiger partial charge in [-0.15, -0.1) is 0 Å². The maximum Gasteiger partial charge on any atom is 0.178 e. The Labute approximate surface area is 156 Å². The molecule has 3 fully saturated rings. The van der Waals surface area contributed by atoms with Gasteiger partial charge in [-0.05, 0) is 62.0 Å². The van der Waals surface area contributed by atoms with E-state index in [4.69, 9.17) is 4.74 Å². The second kappa shape index (κ2) is 5.43. The summed E-state index contributed by atoms with van der Waals surface area (Å²) in [7, 11) is 1.67. The SMILES string of the molecule is CO/C(C)=C1\C(=O)C[C@H]2[C@@H]3CCC4=CC(=O)C=C[C@]4(C)[C@@]3(C)CC[C@]12C. The van der Waals surface area contributed by atoms with Gasteiger partial charge in [0.1, 0.15) is 0 Å². The molecule has 5 atom stereocenters. The minimum atomic E-state index is -0.0763. The number of hydrogen-bond acceptors (Lipinski definition) is 3. The van der Waals surface area contributed by atoms with Crippen LogP contribution in [0.1, 0.15) is 59.8 Å². The molecule has 0 spiro atoms. The number of hydrogen-bond donors (Lipinski definition) is 0. The number of carbonyl (C=O) groups is 2. The molecule has 26 heavy (non-hydrogen) atoms. The van der Waals surface area contributed by atoms with Crippen molar-refractivity contribution in [1.29, 1.82) is 0 Å². The van der Waals surface area contributed by atoms with E-state index in [0.717, 1.165) is 37.0 Å². The number of methoxy groups -OCH3 is 1. The first kappa shape index (κ1) is 17.8. The summed E-state index contributed by atoms with van der Waals surface area (Å²) in [6.07, 6.45) is 10.6. The smallest absolute Gasteiger partial charge is 0.178 e. The summed E-state index contributed by atoms with van der Waals surface area (Å²) in [6.45, 7) is 8.94. The van der Waals surface area contributed by atoms with E-state index in [9.17, 15) is 9.59 Å². The summed E-state index contributed by atoms with van der Waals surface area (Å²) in [5, 5.41) is 0. The van der Waals surface area contributed by atoms with E-state index in [1.807, 2.05) is 13.0 Å². The fourth-order valence-electron chi connectivity index (χ4n) is 6.87. The van der Waals surface area contributed by atoms with Gasteiger partial charge in [-0.1, -0.05) is 32.4 Å². The molecule has 0 aromatic heterocycles. The molecule has 0 saturated heterocycles. The molecule has 4 aliphatic rings. The van der Waals surface area contributed by atoms with Crippen LogP contribution in [0.2, 0.25) is 0 Å². The van der Waals surface area contributed by atoms with Crippen molar-refractivity contribution in [3.05, 3.63) is 35.1 Å². The van der Waals surface area contributed by atoms with Gasteiger partial charge in [0.05, 0.1) is 12.9 Å². The Kier molecular flexibility index (Phi) is 3.71. The van der Waals surface area contributed by atoms with Crippen molar-refractivity contribution in [2.75, 3.05) is 7.11 Å². The third-order valence-corrected chi connectivity index (χ3v) is 8.68. The Hall–Kier alpha value is -1.64. The highest BCUT2D eigenvalue weighted by Crippen LogP contribution is 2.70. The van der Waals surface area contributed by atoms with Gasteiger partial charge in [-0.3, -0.25) is 9.59 Å². The molecule has 3 saturated carbocycles. The lowest BCUT2D eigenvalue weighted by atomic mass is 9.41. The second-order valence-electron chi connectivity index (χ2n) is 9.46. The molecular formula is C23H30O3. The third-order valence-electron chi connectivity index (χ3n) is 8.68. The molecule has 4 aliphatic carbocycles. The monoisotopic (exact) mass is 354 g/mol. The molecule has 0 aromatic carbocycles. The Morgan fingerprint density at radius 1 is 1.15 bits per heavy atom. The van der Waals surface area contributed by atoms with Gasteiger partial charge >= 0.3 is 0 Å². The molecule has 0 amide bonds. The van der Waals surface area contributed by atoms with Crippen molar-refractivity contribution in [2.45, 2.75) is 59.8 Å². The van der Waals surface area contributed by atoms with Gasteiger partial charge in [0.15, 0.2) is 11.6 Å². The average Bonchev–Trinajstić information content (AvgIpc) is 2.86. The van der Waals surface area contributed by atoms with E-state index in [1.165, 1.54) is 5.57 Å². The van der Waals surface area contributed by atoms with Crippen LogP contribution in [0.3, 0.4) is 0 Å². The van der Waals surface area contributed by atoms with Crippen LogP contribution in [0.4, 0.5) is 0 Å². The average molecular weight is 354 g/mol. The van der Waals surface area contributed by atoms with Crippen LogP contribution in [0.15, 0.2) is 35.1 Å². The zero-order valence-corrected chi connectivity index (χ0v) is 16.6. The number of ketones is 2. The van der Waals surface area contributed by atoms with E-state index in [0.29, 0.717) is 18.3 Å². The lowest BCUT2D eigenvalue weighted by Gasteiger charge is -2.62. The Balaban J connectivity index is 1.80. The van der Waals surface area contributed by atoms with Crippen molar-refractivity contribution in [3.8, 4) is 0 Å². The highest BCUT2D eigenvalue weighted by Gasteiger charge is 2.64. The number of Topliss-reactive ketones (excluding diaryl/α,β-unsaturated/α-hetero) is 1. The first-order valence-corrected chi connectivity index (χ1v) is 9.90. The van der Waals surface area contributed by atoms with Gasteiger partial charge in [-0.2, -0.15) is 0 Å². The minimum Gasteiger partial charge on any atom is -0.501 e. The van der Waals surface area contributed by atoms with Gasteiger partial charge in [-0.25, -0.2) is 0 Å². The van der Waals surface area contributed by atoms with Gasteiger partial charge in [0.2, 0.25) is 0 Å². The Morgan fingerprint density at radius 3 is 2.58 bits per heavy atom. The zero-order valence-electron chi connectivity index (χ0n) is 16.6. The van der Waals surface area contributed by atoms with E-state index in [2.05, 4.69) is 26.8 Å². The molecule has 0 radical (unpaired) electrons. The lowest BCUT2D eigenvalue weighted by Crippen LogP contribution is -2.55. The number of rotatable bonds is 1. The number of carbonyl (C=O) groups excluding carboxylic acids is 2. The summed E-state index contributed by atoms with van der Waals surface area (Å²) in [5.74, 6) is 2.07. The van der Waals surface area contributed by atoms with E-state index in [-0.39, 0.29) is 27.8 Å². The lowest BCUT2D eigenvalue weighted by molar-refractivity contribution is -0.116. The van der Waals surface area contributed by atoms with Crippen LogP contribution in [0.5, 0.6) is 0 Å². The van der Waals surface area contributed by atoms with Gasteiger partial charge in [0.25, 0.3) is 0 Å². The predicted octanol–water partition coefficient (Wildman–Crippen LogP) is 4.78. The molecular weight excluding hydrogens is 324 g/mol. The van der Waals surface area contributed by atoms with Crippen LogP contribution in [0.25, 0.3) is 0 Å². The summed E-state index contributed by atoms with van der Waals surface area (Å²) >= 11 is 0. The van der Waals surface area contributed by atoms with E-state index >= 15 is 0 Å². The molecule has 0 aromatic rings. The summed E-state index contributed by atoms with van der Waals surface area (Å²) < 4.78 is 5.50. The molecule has 0 N–H and O–H groups in total. The normalized spacial score (nSPS) is 46.3. The third kappa shape index (κ3) is 2.00. The first-order chi connectivity index (χ1) is 12.2. The van der Waals surface area contributed by atoms with E-state index in [1.54, 1.807) is 13.2 Å². The van der Waals surface area contributed by atoms with E-state index < -0.39 is 0 Å². The highest BCUT2D eigenvalue weighted by atomic mass is 16.5. The second-order valence-corrected chi connectivity index (χ2v) is 9.46. The molecule has 3 nitrogen and oxygen atoms in total. The molecule has 140 valence electrons. The van der Waals surface area contributed by atoms with Crippen LogP contribution < -0.4 is 0 Å². The Bertz CT molecular complexity index is 785.